The van der Waals surface area contributed by atoms with Gasteiger partial charge in [-0.25, -0.2) is 36.8 Å². The minimum atomic E-state index is -4.30. The highest BCUT2D eigenvalue weighted by Gasteiger charge is 2.46. The van der Waals surface area contributed by atoms with Crippen LogP contribution in [0.5, 0.6) is 0 Å². The number of aromatic nitrogens is 1. The van der Waals surface area contributed by atoms with Crippen molar-refractivity contribution < 1.29 is 79.4 Å². The number of halogens is 1. The van der Waals surface area contributed by atoms with Crippen LogP contribution in [0.15, 0.2) is 140 Å². The number of primary sulfonamides is 2. The smallest absolute Gasteiger partial charge is 0.325 e. The van der Waals surface area contributed by atoms with Crippen LogP contribution in [0.2, 0.25) is 5.02 Å². The van der Waals surface area contributed by atoms with E-state index in [0.29, 0.717) is 72.1 Å². The molecule has 0 aliphatic carbocycles. The summed E-state index contributed by atoms with van der Waals surface area (Å²) in [5.41, 5.74) is 14.6. The minimum Gasteiger partial charge on any atom is -0.394 e. The number of likely N-dealkylation sites (tertiary alicyclic amines) is 1. The van der Waals surface area contributed by atoms with Crippen LogP contribution in [0, 0.1) is 11.3 Å². The molecule has 12 amide bonds. The number of carbonyl (C=O) groups is 11. The molecule has 4 heterocycles. The van der Waals surface area contributed by atoms with Gasteiger partial charge in [-0.15, -0.1) is 0 Å². The number of morpholine rings is 1. The molecule has 6 aromatic rings. The summed E-state index contributed by atoms with van der Waals surface area (Å²) in [5, 5.41) is 55.8. The Morgan fingerprint density at radius 2 is 1.14 bits per heavy atom. The van der Waals surface area contributed by atoms with Crippen LogP contribution in [-0.4, -0.2) is 236 Å². The Morgan fingerprint density at radius 3 is 1.71 bits per heavy atom. The number of pyridine rings is 1. The predicted molar refractivity (Wildman–Crippen MR) is 440 cm³/mol. The number of rotatable bonds is 42. The summed E-state index contributed by atoms with van der Waals surface area (Å²) in [6.45, 7) is 6.60. The molecule has 36 nitrogen and oxygen atoms in total. The lowest BCUT2D eigenvalue weighted by atomic mass is 9.99. The van der Waals surface area contributed by atoms with Crippen LogP contribution in [0.1, 0.15) is 91.8 Å². The number of ether oxygens (including phenoxy) is 1. The first-order valence-corrected chi connectivity index (χ1v) is 42.7. The van der Waals surface area contributed by atoms with Crippen molar-refractivity contribution in [2.24, 2.45) is 27.7 Å². The second kappa shape index (κ2) is 43.0. The van der Waals surface area contributed by atoms with Gasteiger partial charge >= 0.3 is 6.03 Å². The topological polar surface area (TPSA) is 548 Å². The summed E-state index contributed by atoms with van der Waals surface area (Å²) in [7, 11) is -8.60. The van der Waals surface area contributed by atoms with Crippen molar-refractivity contribution in [1.29, 1.82) is 5.41 Å². The van der Waals surface area contributed by atoms with Gasteiger partial charge in [0, 0.05) is 88.8 Å². The molecule has 3 aliphatic heterocycles. The van der Waals surface area contributed by atoms with Gasteiger partial charge < -0.3 is 74.1 Å². The number of aliphatic hydroxyl groups excluding tert-OH is 1. The third kappa shape index (κ3) is 28.3. The van der Waals surface area contributed by atoms with Crippen LogP contribution in [0.25, 0.3) is 10.8 Å². The van der Waals surface area contributed by atoms with Crippen LogP contribution in [0.4, 0.5) is 4.79 Å². The highest BCUT2D eigenvalue weighted by molar-refractivity contribution is 7.89. The number of benzene rings is 5. The van der Waals surface area contributed by atoms with Gasteiger partial charge in [-0.2, -0.15) is 0 Å². The summed E-state index contributed by atoms with van der Waals surface area (Å²) in [6, 6.07) is 20.1. The standard InChI is InChI=1S/C80H104ClN19O17S2/c1-48(2)35-61(70(103)90-60(12-7-29-88-79(83)84)77(110)99-30-8-13-67(99)75(108)89-49(3)69(82)102)91-71(104)62(37-50-14-18-53(19-15-50)43-97-31-33-117-34-32-97)92-72(105)63(38-51-16-20-54(21-17-51)44-98(46-118(85,113)114)47-119(86,115)116)93-74(107)66(45-101)95-73(106)64(40-56-9-6-28-87-42-56)94-76(109)68(41-52-23-26-59(81)27-24-52)100-78(111)65(96-80(100)112)39-55-22-25-57-10-4-5-11-58(57)36-55/h4-6,9-11,14-28,36,42,48-49,60-68,101H,7-8,12-13,29-35,37-41,43-47H2,1-3H3,(H2,82,102)(H,89,108)(H,90,103)(H,91,104)(H,92,105)(H,93,107)(H,94,109)(H,95,106)(H,96,112)(H4,83,84,88)(H2,85,113,114)(H2,86,115,116)/t49-,60+,61+,62-,63+,64-,65?,66+,67+,68?/m1/s1. The quantitative estimate of drug-likeness (QED) is 0.00947. The van der Waals surface area contributed by atoms with E-state index in [9.17, 15) is 50.7 Å². The van der Waals surface area contributed by atoms with Gasteiger partial charge in [-0.1, -0.05) is 135 Å². The molecule has 3 fully saturated rings. The largest absolute Gasteiger partial charge is 0.394 e. The Morgan fingerprint density at radius 1 is 0.622 bits per heavy atom. The summed E-state index contributed by atoms with van der Waals surface area (Å²) in [4.78, 5) is 170. The summed E-state index contributed by atoms with van der Waals surface area (Å²) in [5.74, 6) is -11.5. The summed E-state index contributed by atoms with van der Waals surface area (Å²) >= 11 is 6.27. The fraction of sp³-hybridized carbons (Fsp3) is 0.438. The van der Waals surface area contributed by atoms with Crippen LogP contribution in [0.3, 0.4) is 0 Å². The molecule has 0 radical (unpaired) electrons. The molecule has 5 aromatic carbocycles. The first-order valence-electron chi connectivity index (χ1n) is 38.9. The molecule has 1 aromatic heterocycles. The second-order valence-electron chi connectivity index (χ2n) is 30.3. The number of nitrogens with zero attached hydrogens (tertiary/aromatic N) is 5. The maximum absolute atomic E-state index is 15.6. The van der Waals surface area contributed by atoms with E-state index < -0.39 is 170 Å². The fourth-order valence-corrected chi connectivity index (χ4v) is 15.9. The van der Waals surface area contributed by atoms with Gasteiger partial charge in [0.1, 0.15) is 72.2 Å². The van der Waals surface area contributed by atoms with Crippen molar-refractivity contribution in [3.8, 4) is 0 Å². The van der Waals surface area contributed by atoms with E-state index in [4.69, 9.17) is 43.5 Å². The molecule has 0 spiro atoms. The van der Waals surface area contributed by atoms with Gasteiger partial charge in [0.25, 0.3) is 5.91 Å². The van der Waals surface area contributed by atoms with Crippen molar-refractivity contribution in [2.45, 2.75) is 158 Å². The first-order chi connectivity index (χ1) is 56.5. The molecular weight excluding hydrogens is 1600 g/mol. The lowest BCUT2D eigenvalue weighted by Crippen LogP contribution is -2.61. The fourth-order valence-electron chi connectivity index (χ4n) is 14.3. The van der Waals surface area contributed by atoms with Gasteiger partial charge in [0.15, 0.2) is 5.96 Å². The molecule has 19 N–H and O–H groups in total. The Balaban J connectivity index is 1.03. The van der Waals surface area contributed by atoms with Crippen molar-refractivity contribution in [1.82, 2.24) is 72.4 Å². The number of primary amides is 1. The lowest BCUT2D eigenvalue weighted by Gasteiger charge is -2.31. The Kier molecular flexibility index (Phi) is 33.2. The normalized spacial score (nSPS) is 17.2. The van der Waals surface area contributed by atoms with Crippen molar-refractivity contribution >= 4 is 113 Å². The van der Waals surface area contributed by atoms with Gasteiger partial charge in [-0.05, 0) is 113 Å². The number of nitrogens with one attached hydrogen (secondary N) is 10. The zero-order valence-electron chi connectivity index (χ0n) is 66.2. The number of carbonyl (C=O) groups excluding carboxylic acids is 11. The SMILES string of the molecule is CC(C)C[C@H](NC(=O)[C@@H](Cc1ccc(CN2CCOCC2)cc1)NC(=O)[C@H](Cc1ccc(CN(CS(N)(=O)=O)CS(N)(=O)=O)cc1)NC(=O)[C@H](CO)NC(=O)[C@@H](Cc1cccnc1)NC(=O)C(Cc1ccc(Cl)cc1)N1C(=O)NC(Cc2ccc3ccccc3c2)C1=O)C(=O)N[C@@H](CCCNC(=N)N)C(=O)N1CCC[C@H]1C(=O)N[C@H](C)C(N)=O. The van der Waals surface area contributed by atoms with E-state index in [-0.39, 0.29) is 88.4 Å². The highest BCUT2D eigenvalue weighted by atomic mass is 35.5. The number of aliphatic hydroxyl groups is 1. The number of amides is 12. The van der Waals surface area contributed by atoms with Crippen molar-refractivity contribution in [3.05, 3.63) is 184 Å². The molecule has 39 heteroatoms. The number of hydrogen-bond donors (Lipinski definition) is 15. The molecule has 2 unspecified atom stereocenters. The first kappa shape index (κ1) is 91.8. The Bertz CT molecular complexity index is 4810. The van der Waals surface area contributed by atoms with Crippen molar-refractivity contribution in [3.63, 3.8) is 0 Å². The van der Waals surface area contributed by atoms with E-state index in [2.05, 4.69) is 57.7 Å². The third-order valence-corrected chi connectivity index (χ3v) is 22.0. The number of imide groups is 1. The highest BCUT2D eigenvalue weighted by Crippen LogP contribution is 2.25. The molecule has 0 saturated carbocycles. The number of guanidine groups is 1. The lowest BCUT2D eigenvalue weighted by molar-refractivity contribution is -0.142. The predicted octanol–water partition coefficient (Wildman–Crippen LogP) is -0.992. The molecule has 0 bridgehead atoms. The molecule has 119 heavy (non-hydrogen) atoms. The molecular formula is C80H104ClN19O17S2. The van der Waals surface area contributed by atoms with Crippen molar-refractivity contribution in [2.75, 3.05) is 57.8 Å². The van der Waals surface area contributed by atoms with E-state index in [1.165, 1.54) is 48.5 Å². The van der Waals surface area contributed by atoms with Crippen LogP contribution >= 0.6 is 11.6 Å². The number of hydrogen-bond acceptors (Lipinski definition) is 21. The monoisotopic (exact) mass is 1700 g/mol. The number of nitrogens with two attached hydrogens (primary N) is 4. The van der Waals surface area contributed by atoms with E-state index in [1.54, 1.807) is 62.4 Å². The summed E-state index contributed by atoms with van der Waals surface area (Å²) in [6.07, 6.45) is 2.24. The van der Waals surface area contributed by atoms with Gasteiger partial charge in [-0.3, -0.25) is 68.1 Å². The molecule has 10 atom stereocenters. The third-order valence-electron chi connectivity index (χ3n) is 20.3. The summed E-state index contributed by atoms with van der Waals surface area (Å²) < 4.78 is 54.6. The zero-order chi connectivity index (χ0) is 86.3. The van der Waals surface area contributed by atoms with Gasteiger partial charge in [0.2, 0.25) is 73.2 Å². The minimum absolute atomic E-state index is 0.0500. The molecule has 3 saturated heterocycles. The molecule has 640 valence electrons. The van der Waals surface area contributed by atoms with Crippen LogP contribution in [-0.2, 0) is 118 Å². The number of sulfonamides is 2. The average molecular weight is 1700 g/mol. The maximum atomic E-state index is 15.6. The maximum Gasteiger partial charge on any atom is 0.325 e. The second-order valence-corrected chi connectivity index (χ2v) is 33.9. The van der Waals surface area contributed by atoms with E-state index >= 15 is 24.0 Å². The Hall–Kier alpha value is -11.1. The Labute approximate surface area is 694 Å². The van der Waals surface area contributed by atoms with Crippen LogP contribution < -0.4 is 69.6 Å². The average Bonchev–Trinajstić information content (AvgIpc) is 1.85. The molecule has 9 rings (SSSR count). The zero-order valence-corrected chi connectivity index (χ0v) is 68.6. The number of fused-ring (bicyclic) bond motifs is 1. The van der Waals surface area contributed by atoms with E-state index in [1.807, 2.05) is 54.6 Å². The van der Waals surface area contributed by atoms with E-state index in [0.717, 1.165) is 26.1 Å². The molecule has 3 aliphatic rings. The number of urea groups is 1. The van der Waals surface area contributed by atoms with Gasteiger partial charge in [0.05, 0.1) is 19.8 Å².